The number of carbonyl (C=O) groups is 1. The molecule has 1 aromatic heterocycles. The smallest absolute Gasteiger partial charge is 0.343 e. The van der Waals surface area contributed by atoms with E-state index in [0.717, 1.165) is 24.5 Å². The Morgan fingerprint density at radius 2 is 2.04 bits per heavy atom. The van der Waals surface area contributed by atoms with Gasteiger partial charge in [-0.15, -0.1) is 0 Å². The van der Waals surface area contributed by atoms with Gasteiger partial charge in [0.1, 0.15) is 23.3 Å². The van der Waals surface area contributed by atoms with Gasteiger partial charge in [-0.1, -0.05) is 12.1 Å². The van der Waals surface area contributed by atoms with Gasteiger partial charge in [-0.3, -0.25) is 0 Å². The molecule has 1 saturated heterocycles. The molecule has 1 aliphatic heterocycles. The Morgan fingerprint density at radius 1 is 1.30 bits per heavy atom. The Labute approximate surface area is 159 Å². The summed E-state index contributed by atoms with van der Waals surface area (Å²) < 4.78 is 9.78. The Hall–Kier alpha value is -3.11. The minimum atomic E-state index is -0.644. The average molecular weight is 368 g/mol. The molecule has 0 radical (unpaired) electrons. The van der Waals surface area contributed by atoms with E-state index >= 15 is 0 Å². The van der Waals surface area contributed by atoms with Crippen LogP contribution >= 0.6 is 0 Å². The van der Waals surface area contributed by atoms with Crippen LogP contribution in [0.3, 0.4) is 0 Å². The van der Waals surface area contributed by atoms with Crippen LogP contribution in [0.2, 0.25) is 0 Å². The maximum Gasteiger partial charge on any atom is 0.343 e. The molecule has 3 N–H and O–H groups in total. The molecule has 1 aromatic carbocycles. The van der Waals surface area contributed by atoms with E-state index in [9.17, 15) is 4.79 Å². The lowest BCUT2D eigenvalue weighted by molar-refractivity contribution is 0.0601. The molecule has 7 heteroatoms. The van der Waals surface area contributed by atoms with E-state index < -0.39 is 5.97 Å². The number of ether oxygens (including phenoxy) is 2. The largest absolute Gasteiger partial charge is 0.465 e. The lowest BCUT2D eigenvalue weighted by Crippen LogP contribution is -2.11. The number of carbonyl (C=O) groups excluding carboxylic acids is 1. The highest BCUT2D eigenvalue weighted by Gasteiger charge is 2.20. The lowest BCUT2D eigenvalue weighted by atomic mass is 10.1. The van der Waals surface area contributed by atoms with Crippen LogP contribution in [0.15, 0.2) is 30.3 Å². The monoisotopic (exact) mass is 368 g/mol. The minimum absolute atomic E-state index is 0.0655. The summed E-state index contributed by atoms with van der Waals surface area (Å²) in [5.41, 5.74) is 7.64. The molecule has 0 aliphatic carbocycles. The van der Waals surface area contributed by atoms with Gasteiger partial charge in [0, 0.05) is 18.9 Å². The number of esters is 1. The van der Waals surface area contributed by atoms with Gasteiger partial charge in [0.05, 0.1) is 12.7 Å². The van der Waals surface area contributed by atoms with Gasteiger partial charge in [0.15, 0.2) is 0 Å². The van der Waals surface area contributed by atoms with E-state index in [-0.39, 0.29) is 22.8 Å². The molecule has 2 aromatic rings. The van der Waals surface area contributed by atoms with Crippen molar-refractivity contribution in [3.8, 4) is 6.07 Å². The third-order valence-corrected chi connectivity index (χ3v) is 3.91. The molecule has 142 valence electrons. The van der Waals surface area contributed by atoms with Crippen molar-refractivity contribution in [2.75, 3.05) is 31.4 Å². The number of hydrogen-bond acceptors (Lipinski definition) is 7. The fourth-order valence-electron chi connectivity index (χ4n) is 2.60. The first-order valence-corrected chi connectivity index (χ1v) is 8.75. The molecule has 0 spiro atoms. The summed E-state index contributed by atoms with van der Waals surface area (Å²) in [5.74, 6) is -0.299. The molecule has 3 rings (SSSR count). The fraction of sp³-hybridized carbons (Fsp3) is 0.350. The number of nitrogens with one attached hydrogen (secondary N) is 1. The van der Waals surface area contributed by atoms with Crippen molar-refractivity contribution in [3.63, 3.8) is 0 Å². The molecule has 0 unspecified atom stereocenters. The SMILES string of the molecule is C1CCOCC1.COC(=O)c1c(C#N)cc(N)nc1Nc1cccc(C)c1. The van der Waals surface area contributed by atoms with Gasteiger partial charge in [0.2, 0.25) is 0 Å². The summed E-state index contributed by atoms with van der Waals surface area (Å²) >= 11 is 0. The summed E-state index contributed by atoms with van der Waals surface area (Å²) in [5, 5.41) is 12.2. The number of benzene rings is 1. The molecular weight excluding hydrogens is 344 g/mol. The quantitative estimate of drug-likeness (QED) is 0.797. The van der Waals surface area contributed by atoms with Gasteiger partial charge < -0.3 is 20.5 Å². The van der Waals surface area contributed by atoms with Crippen LogP contribution in [0.1, 0.15) is 40.7 Å². The average Bonchev–Trinajstić information content (AvgIpc) is 2.69. The zero-order valence-electron chi connectivity index (χ0n) is 15.6. The second-order valence-electron chi connectivity index (χ2n) is 6.09. The predicted molar refractivity (Wildman–Crippen MR) is 104 cm³/mol. The first kappa shape index (κ1) is 20.2. The van der Waals surface area contributed by atoms with E-state index in [1.54, 1.807) is 0 Å². The minimum Gasteiger partial charge on any atom is -0.465 e. The number of methoxy groups -OCH3 is 1. The number of nitrogens with zero attached hydrogens (tertiary/aromatic N) is 2. The standard InChI is InChI=1S/C15H14N4O2.C5H10O/c1-9-4-3-5-11(6-9)18-14-13(15(20)21-2)10(8-16)7-12(17)19-14;1-2-4-6-5-3-1/h3-7H,1-2H3,(H3,17,18,19);1-5H2. The highest BCUT2D eigenvalue weighted by Crippen LogP contribution is 2.25. The number of anilines is 3. The van der Waals surface area contributed by atoms with Crippen LogP contribution in [0.4, 0.5) is 17.3 Å². The van der Waals surface area contributed by atoms with E-state index in [1.165, 1.54) is 32.4 Å². The predicted octanol–water partition coefficient (Wildman–Crippen LogP) is 3.56. The molecule has 1 fully saturated rings. The lowest BCUT2D eigenvalue weighted by Gasteiger charge is -2.12. The highest BCUT2D eigenvalue weighted by molar-refractivity contribution is 5.98. The summed E-state index contributed by atoms with van der Waals surface area (Å²) in [6, 6.07) is 10.8. The topological polar surface area (TPSA) is 110 Å². The van der Waals surface area contributed by atoms with Crippen molar-refractivity contribution in [3.05, 3.63) is 47.0 Å². The first-order chi connectivity index (χ1) is 13.0. The van der Waals surface area contributed by atoms with E-state index in [4.69, 9.17) is 20.5 Å². The number of nitrogens with two attached hydrogens (primary N) is 1. The number of aryl methyl sites for hydroxylation is 1. The van der Waals surface area contributed by atoms with Crippen molar-refractivity contribution < 1.29 is 14.3 Å². The van der Waals surface area contributed by atoms with Crippen LogP contribution in [0, 0.1) is 18.3 Å². The molecular formula is C20H24N4O3. The Bertz CT molecular complexity index is 815. The summed E-state index contributed by atoms with van der Waals surface area (Å²) in [6.45, 7) is 3.94. The maximum absolute atomic E-state index is 11.9. The van der Waals surface area contributed by atoms with E-state index in [2.05, 4.69) is 10.3 Å². The van der Waals surface area contributed by atoms with Gasteiger partial charge >= 0.3 is 5.97 Å². The van der Waals surface area contributed by atoms with Crippen molar-refractivity contribution in [2.24, 2.45) is 0 Å². The molecule has 0 bridgehead atoms. The van der Waals surface area contributed by atoms with Crippen LogP contribution < -0.4 is 11.1 Å². The number of rotatable bonds is 3. The second kappa shape index (κ2) is 10.1. The summed E-state index contributed by atoms with van der Waals surface area (Å²) in [6.07, 6.45) is 3.93. The number of nitrogen functional groups attached to an aromatic ring is 1. The Kier molecular flexibility index (Phi) is 7.59. The van der Waals surface area contributed by atoms with Crippen LogP contribution in [0.5, 0.6) is 0 Å². The van der Waals surface area contributed by atoms with Crippen molar-refractivity contribution in [1.29, 1.82) is 5.26 Å². The molecule has 2 heterocycles. The summed E-state index contributed by atoms with van der Waals surface area (Å²) in [4.78, 5) is 16.0. The third kappa shape index (κ3) is 5.97. The number of hydrogen-bond donors (Lipinski definition) is 2. The Morgan fingerprint density at radius 3 is 2.56 bits per heavy atom. The highest BCUT2D eigenvalue weighted by atomic mass is 16.5. The molecule has 0 atom stereocenters. The van der Waals surface area contributed by atoms with Crippen molar-refractivity contribution >= 4 is 23.3 Å². The maximum atomic E-state index is 11.9. The number of nitriles is 1. The third-order valence-electron chi connectivity index (χ3n) is 3.91. The molecule has 0 saturated carbocycles. The number of aromatic nitrogens is 1. The second-order valence-corrected chi connectivity index (χ2v) is 6.09. The van der Waals surface area contributed by atoms with Gasteiger partial charge in [-0.25, -0.2) is 9.78 Å². The van der Waals surface area contributed by atoms with Gasteiger partial charge in [-0.05, 0) is 49.9 Å². The van der Waals surface area contributed by atoms with E-state index in [1.807, 2.05) is 37.3 Å². The normalized spacial score (nSPS) is 12.9. The molecule has 7 nitrogen and oxygen atoms in total. The van der Waals surface area contributed by atoms with Gasteiger partial charge in [0.25, 0.3) is 0 Å². The fourth-order valence-corrected chi connectivity index (χ4v) is 2.60. The zero-order valence-corrected chi connectivity index (χ0v) is 15.6. The van der Waals surface area contributed by atoms with Gasteiger partial charge in [-0.2, -0.15) is 5.26 Å². The molecule has 27 heavy (non-hydrogen) atoms. The summed E-state index contributed by atoms with van der Waals surface area (Å²) in [7, 11) is 1.25. The first-order valence-electron chi connectivity index (χ1n) is 8.75. The molecule has 1 aliphatic rings. The zero-order chi connectivity index (χ0) is 19.6. The van der Waals surface area contributed by atoms with Crippen molar-refractivity contribution in [1.82, 2.24) is 4.98 Å². The van der Waals surface area contributed by atoms with Crippen LogP contribution in [0.25, 0.3) is 0 Å². The Balaban J connectivity index is 0.000000369. The van der Waals surface area contributed by atoms with Crippen LogP contribution in [-0.4, -0.2) is 31.3 Å². The molecule has 0 amide bonds. The van der Waals surface area contributed by atoms with Crippen LogP contribution in [-0.2, 0) is 9.47 Å². The van der Waals surface area contributed by atoms with E-state index in [0.29, 0.717) is 0 Å². The number of pyridine rings is 1. The van der Waals surface area contributed by atoms with Crippen molar-refractivity contribution in [2.45, 2.75) is 26.2 Å².